The number of hydrogen-bond acceptors (Lipinski definition) is 3. The van der Waals surface area contributed by atoms with Gasteiger partial charge in [-0.05, 0) is 63.4 Å². The van der Waals surface area contributed by atoms with Gasteiger partial charge in [0.1, 0.15) is 5.15 Å². The van der Waals surface area contributed by atoms with Crippen molar-refractivity contribution in [2.24, 2.45) is 10.9 Å². The Morgan fingerprint density at radius 1 is 1.30 bits per heavy atom. The molecule has 0 aliphatic carbocycles. The van der Waals surface area contributed by atoms with Gasteiger partial charge >= 0.3 is 0 Å². The minimum Gasteiger partial charge on any atom is -0.356 e. The molecular weight excluding hydrogens is 310 g/mol. The minimum absolute atomic E-state index is 0.535. The van der Waals surface area contributed by atoms with Crippen molar-refractivity contribution in [3.05, 3.63) is 29.0 Å². The number of likely N-dealkylation sites (tertiary alicyclic amines) is 1. The van der Waals surface area contributed by atoms with E-state index in [4.69, 9.17) is 11.6 Å². The molecule has 1 saturated heterocycles. The monoisotopic (exact) mass is 337 g/mol. The highest BCUT2D eigenvalue weighted by atomic mass is 35.5. The van der Waals surface area contributed by atoms with E-state index in [1.54, 1.807) is 0 Å². The number of aliphatic imine (C=N–C) groups is 1. The normalized spacial score (nSPS) is 17.3. The average molecular weight is 338 g/mol. The first-order valence-electron chi connectivity index (χ1n) is 8.41. The highest BCUT2D eigenvalue weighted by Crippen LogP contribution is 2.18. The lowest BCUT2D eigenvalue weighted by Crippen LogP contribution is -2.39. The molecule has 0 bridgehead atoms. The highest BCUT2D eigenvalue weighted by Gasteiger charge is 2.16. The fourth-order valence-electron chi connectivity index (χ4n) is 2.85. The molecule has 0 atom stereocenters. The summed E-state index contributed by atoms with van der Waals surface area (Å²) in [4.78, 5) is 10.8. The molecule has 5 nitrogen and oxygen atoms in total. The van der Waals surface area contributed by atoms with Gasteiger partial charge in [-0.25, -0.2) is 4.98 Å². The van der Waals surface area contributed by atoms with E-state index in [2.05, 4.69) is 32.6 Å². The van der Waals surface area contributed by atoms with Crippen LogP contribution in [0.5, 0.6) is 0 Å². The molecule has 1 aromatic rings. The fraction of sp³-hybridized carbons (Fsp3) is 0.647. The van der Waals surface area contributed by atoms with Crippen LogP contribution in [-0.2, 0) is 6.42 Å². The lowest BCUT2D eigenvalue weighted by atomic mass is 9.94. The standard InChI is InChI=1S/C17H28ClN5/c1-19-17(20-9-5-14-7-11-23(2)12-8-14)21-10-6-15-3-4-16(18)22-13-15/h3-4,13-14H,5-12H2,1-2H3,(H2,19,20,21). The molecule has 1 aliphatic rings. The molecule has 1 aliphatic heterocycles. The van der Waals surface area contributed by atoms with Gasteiger partial charge in [0.05, 0.1) is 0 Å². The molecule has 1 aromatic heterocycles. The second kappa shape index (κ2) is 9.73. The smallest absolute Gasteiger partial charge is 0.190 e. The number of hydrogen-bond donors (Lipinski definition) is 2. The van der Waals surface area contributed by atoms with E-state index in [0.717, 1.165) is 31.4 Å². The summed E-state index contributed by atoms with van der Waals surface area (Å²) in [5.74, 6) is 1.72. The number of nitrogens with one attached hydrogen (secondary N) is 2. The molecule has 2 N–H and O–H groups in total. The second-order valence-corrected chi connectivity index (χ2v) is 6.59. The number of piperidine rings is 1. The number of rotatable bonds is 6. The van der Waals surface area contributed by atoms with Crippen molar-refractivity contribution in [2.75, 3.05) is 40.3 Å². The molecule has 128 valence electrons. The fourth-order valence-corrected chi connectivity index (χ4v) is 2.96. The van der Waals surface area contributed by atoms with Crippen molar-refractivity contribution < 1.29 is 0 Å². The molecule has 0 aromatic carbocycles. The molecule has 23 heavy (non-hydrogen) atoms. The SMILES string of the molecule is CN=C(NCCc1ccc(Cl)nc1)NCCC1CCN(C)CC1. The van der Waals surface area contributed by atoms with Crippen LogP contribution in [0, 0.1) is 5.92 Å². The summed E-state index contributed by atoms with van der Waals surface area (Å²) in [6, 6.07) is 3.83. The van der Waals surface area contributed by atoms with E-state index in [0.29, 0.717) is 5.15 Å². The zero-order valence-corrected chi connectivity index (χ0v) is 14.9. The summed E-state index contributed by atoms with van der Waals surface area (Å²) in [5, 5.41) is 7.29. The van der Waals surface area contributed by atoms with Gasteiger partial charge in [0.15, 0.2) is 5.96 Å². The summed E-state index contributed by atoms with van der Waals surface area (Å²) in [5.41, 5.74) is 1.17. The van der Waals surface area contributed by atoms with Crippen LogP contribution < -0.4 is 10.6 Å². The topological polar surface area (TPSA) is 52.6 Å². The zero-order valence-electron chi connectivity index (χ0n) is 14.2. The first kappa shape index (κ1) is 18.0. The van der Waals surface area contributed by atoms with Gasteiger partial charge in [-0.2, -0.15) is 0 Å². The Labute approximate surface area is 144 Å². The van der Waals surface area contributed by atoms with Crippen molar-refractivity contribution in [3.8, 4) is 0 Å². The van der Waals surface area contributed by atoms with Crippen LogP contribution in [0.4, 0.5) is 0 Å². The summed E-state index contributed by atoms with van der Waals surface area (Å²) in [7, 11) is 4.02. The Morgan fingerprint density at radius 3 is 2.70 bits per heavy atom. The minimum atomic E-state index is 0.535. The van der Waals surface area contributed by atoms with Crippen molar-refractivity contribution >= 4 is 17.6 Å². The average Bonchev–Trinajstić information content (AvgIpc) is 2.57. The number of pyridine rings is 1. The number of nitrogens with zero attached hydrogens (tertiary/aromatic N) is 3. The lowest BCUT2D eigenvalue weighted by molar-refractivity contribution is 0.213. The van der Waals surface area contributed by atoms with Crippen molar-refractivity contribution in [2.45, 2.75) is 25.7 Å². The van der Waals surface area contributed by atoms with E-state index < -0.39 is 0 Å². The third kappa shape index (κ3) is 6.75. The molecule has 2 heterocycles. The van der Waals surface area contributed by atoms with Gasteiger partial charge in [0.25, 0.3) is 0 Å². The van der Waals surface area contributed by atoms with E-state index in [9.17, 15) is 0 Å². The van der Waals surface area contributed by atoms with Crippen LogP contribution in [0.1, 0.15) is 24.8 Å². The molecular formula is C17H28ClN5. The maximum absolute atomic E-state index is 5.79. The summed E-state index contributed by atoms with van der Waals surface area (Å²) in [6.45, 7) is 4.27. The van der Waals surface area contributed by atoms with Crippen LogP contribution in [-0.4, -0.2) is 56.1 Å². The van der Waals surface area contributed by atoms with E-state index >= 15 is 0 Å². The molecule has 0 saturated carbocycles. The van der Waals surface area contributed by atoms with Crippen molar-refractivity contribution in [1.82, 2.24) is 20.5 Å². The zero-order chi connectivity index (χ0) is 16.5. The molecule has 0 amide bonds. The quantitative estimate of drug-likeness (QED) is 0.474. The number of guanidine groups is 1. The Bertz CT molecular complexity index is 480. The van der Waals surface area contributed by atoms with Crippen LogP contribution in [0.2, 0.25) is 5.15 Å². The Hall–Kier alpha value is -1.33. The third-order valence-corrected chi connectivity index (χ3v) is 4.63. The third-order valence-electron chi connectivity index (χ3n) is 4.40. The van der Waals surface area contributed by atoms with Crippen molar-refractivity contribution in [1.29, 1.82) is 0 Å². The van der Waals surface area contributed by atoms with Gasteiger partial charge < -0.3 is 15.5 Å². The van der Waals surface area contributed by atoms with Gasteiger partial charge in [-0.1, -0.05) is 17.7 Å². The maximum Gasteiger partial charge on any atom is 0.190 e. The number of halogens is 1. The summed E-state index contributed by atoms with van der Waals surface area (Å²) in [6.07, 6.45) is 6.57. The van der Waals surface area contributed by atoms with E-state index in [1.807, 2.05) is 25.4 Å². The molecule has 0 spiro atoms. The van der Waals surface area contributed by atoms with Crippen LogP contribution in [0.15, 0.2) is 23.3 Å². The lowest BCUT2D eigenvalue weighted by Gasteiger charge is -2.29. The van der Waals surface area contributed by atoms with Gasteiger partial charge in [0.2, 0.25) is 0 Å². The molecule has 1 fully saturated rings. The van der Waals surface area contributed by atoms with Crippen LogP contribution in [0.3, 0.4) is 0 Å². The van der Waals surface area contributed by atoms with Crippen LogP contribution in [0.25, 0.3) is 0 Å². The number of aromatic nitrogens is 1. The highest BCUT2D eigenvalue weighted by molar-refractivity contribution is 6.29. The van der Waals surface area contributed by atoms with E-state index in [-0.39, 0.29) is 0 Å². The molecule has 2 rings (SSSR count). The predicted octanol–water partition coefficient (Wildman–Crippen LogP) is 2.17. The van der Waals surface area contributed by atoms with E-state index in [1.165, 1.54) is 37.9 Å². The summed E-state index contributed by atoms with van der Waals surface area (Å²) >= 11 is 5.79. The van der Waals surface area contributed by atoms with Crippen molar-refractivity contribution in [3.63, 3.8) is 0 Å². The van der Waals surface area contributed by atoms with Gasteiger partial charge in [0, 0.05) is 26.3 Å². The first-order chi connectivity index (χ1) is 11.2. The van der Waals surface area contributed by atoms with Gasteiger partial charge in [-0.3, -0.25) is 4.99 Å². The Balaban J connectivity index is 1.60. The molecule has 0 unspecified atom stereocenters. The molecule has 6 heteroatoms. The predicted molar refractivity (Wildman–Crippen MR) is 97.2 cm³/mol. The Morgan fingerprint density at radius 2 is 2.04 bits per heavy atom. The summed E-state index contributed by atoms with van der Waals surface area (Å²) < 4.78 is 0. The largest absolute Gasteiger partial charge is 0.356 e. The molecule has 0 radical (unpaired) electrons. The Kier molecular flexibility index (Phi) is 7.62. The second-order valence-electron chi connectivity index (χ2n) is 6.20. The van der Waals surface area contributed by atoms with Gasteiger partial charge in [-0.15, -0.1) is 0 Å². The maximum atomic E-state index is 5.79. The first-order valence-corrected chi connectivity index (χ1v) is 8.78. The van der Waals surface area contributed by atoms with Crippen LogP contribution >= 0.6 is 11.6 Å².